The van der Waals surface area contributed by atoms with Gasteiger partial charge in [-0.15, -0.1) is 0 Å². The first-order valence-corrected chi connectivity index (χ1v) is 8.08. The molecular weight excluding hydrogens is 302 g/mol. The van der Waals surface area contributed by atoms with Crippen LogP contribution in [-0.4, -0.2) is 29.5 Å². The van der Waals surface area contributed by atoms with Crippen LogP contribution in [0.15, 0.2) is 48.5 Å². The number of ether oxygens (including phenoxy) is 1. The summed E-state index contributed by atoms with van der Waals surface area (Å²) in [4.78, 5) is 19.8. The van der Waals surface area contributed by atoms with Gasteiger partial charge in [-0.2, -0.15) is 0 Å². The molecule has 3 aromatic rings. The van der Waals surface area contributed by atoms with E-state index in [0.29, 0.717) is 25.8 Å². The zero-order chi connectivity index (χ0) is 16.8. The molecule has 124 valence electrons. The Kier molecular flexibility index (Phi) is 5.11. The minimum Gasteiger partial charge on any atom is -0.496 e. The molecule has 2 aromatic carbocycles. The molecule has 0 saturated carbocycles. The predicted octanol–water partition coefficient (Wildman–Crippen LogP) is 2.86. The quantitative estimate of drug-likeness (QED) is 0.702. The highest BCUT2D eigenvalue weighted by atomic mass is 16.5. The number of nitrogens with zero attached hydrogens (tertiary/aromatic N) is 1. The predicted molar refractivity (Wildman–Crippen MR) is 94.1 cm³/mol. The number of methoxy groups -OCH3 is 1. The number of benzene rings is 2. The number of carbonyl (C=O) groups excluding carboxylic acids is 1. The van der Waals surface area contributed by atoms with E-state index in [9.17, 15) is 4.79 Å². The fourth-order valence-corrected chi connectivity index (χ4v) is 2.69. The van der Waals surface area contributed by atoms with E-state index in [0.717, 1.165) is 28.2 Å². The molecule has 24 heavy (non-hydrogen) atoms. The molecule has 0 aliphatic rings. The Morgan fingerprint density at radius 1 is 1.12 bits per heavy atom. The molecule has 5 heteroatoms. The lowest BCUT2D eigenvalue weighted by Crippen LogP contribution is -2.26. The van der Waals surface area contributed by atoms with Crippen LogP contribution in [0.4, 0.5) is 0 Å². The average molecular weight is 323 g/mol. The van der Waals surface area contributed by atoms with Crippen molar-refractivity contribution in [2.45, 2.75) is 19.3 Å². The van der Waals surface area contributed by atoms with Crippen LogP contribution >= 0.6 is 0 Å². The number of rotatable bonds is 7. The van der Waals surface area contributed by atoms with Crippen molar-refractivity contribution in [2.24, 2.45) is 0 Å². The summed E-state index contributed by atoms with van der Waals surface area (Å²) in [5, 5.41) is 2.94. The maximum absolute atomic E-state index is 12.0. The van der Waals surface area contributed by atoms with Crippen LogP contribution in [0, 0.1) is 0 Å². The maximum Gasteiger partial charge on any atom is 0.220 e. The highest BCUT2D eigenvalue weighted by Crippen LogP contribution is 2.18. The second-order valence-corrected chi connectivity index (χ2v) is 5.61. The second kappa shape index (κ2) is 7.64. The lowest BCUT2D eigenvalue weighted by atomic mass is 10.1. The van der Waals surface area contributed by atoms with Crippen molar-refractivity contribution < 1.29 is 9.53 Å². The highest BCUT2D eigenvalue weighted by molar-refractivity contribution is 5.76. The molecule has 0 aliphatic heterocycles. The molecule has 0 atom stereocenters. The third-order valence-corrected chi connectivity index (χ3v) is 3.94. The summed E-state index contributed by atoms with van der Waals surface area (Å²) in [7, 11) is 1.65. The van der Waals surface area contributed by atoms with Crippen LogP contribution in [0.1, 0.15) is 17.8 Å². The number of carbonyl (C=O) groups is 1. The maximum atomic E-state index is 12.0. The Morgan fingerprint density at radius 2 is 1.92 bits per heavy atom. The van der Waals surface area contributed by atoms with Crippen molar-refractivity contribution in [3.63, 3.8) is 0 Å². The molecule has 3 rings (SSSR count). The van der Waals surface area contributed by atoms with E-state index >= 15 is 0 Å². The number of hydrogen-bond donors (Lipinski definition) is 2. The number of hydrogen-bond acceptors (Lipinski definition) is 3. The number of imidazole rings is 1. The molecule has 0 spiro atoms. The standard InChI is InChI=1S/C19H21N3O2/c1-24-17-9-5-2-6-14(17)10-11-19(23)20-13-12-18-21-15-7-3-4-8-16(15)22-18/h2-9H,10-13H2,1H3,(H,20,23)(H,21,22). The van der Waals surface area contributed by atoms with Gasteiger partial charge in [0.25, 0.3) is 0 Å². The Hall–Kier alpha value is -2.82. The molecule has 1 aromatic heterocycles. The smallest absolute Gasteiger partial charge is 0.220 e. The van der Waals surface area contributed by atoms with E-state index in [1.54, 1.807) is 7.11 Å². The van der Waals surface area contributed by atoms with Gasteiger partial charge in [-0.3, -0.25) is 4.79 Å². The molecule has 0 fully saturated rings. The largest absolute Gasteiger partial charge is 0.496 e. The lowest BCUT2D eigenvalue weighted by Gasteiger charge is -2.08. The zero-order valence-electron chi connectivity index (χ0n) is 13.7. The molecular formula is C19H21N3O2. The van der Waals surface area contributed by atoms with Crippen molar-refractivity contribution in [3.8, 4) is 5.75 Å². The van der Waals surface area contributed by atoms with E-state index in [2.05, 4.69) is 15.3 Å². The van der Waals surface area contributed by atoms with Gasteiger partial charge in [0.2, 0.25) is 5.91 Å². The van der Waals surface area contributed by atoms with Crippen LogP contribution in [0.3, 0.4) is 0 Å². The van der Waals surface area contributed by atoms with Gasteiger partial charge >= 0.3 is 0 Å². The van der Waals surface area contributed by atoms with Crippen LogP contribution in [0.25, 0.3) is 11.0 Å². The first-order valence-electron chi connectivity index (χ1n) is 8.08. The molecule has 1 heterocycles. The van der Waals surface area contributed by atoms with Crippen LogP contribution < -0.4 is 10.1 Å². The third-order valence-electron chi connectivity index (χ3n) is 3.94. The van der Waals surface area contributed by atoms with Crippen molar-refractivity contribution in [2.75, 3.05) is 13.7 Å². The highest BCUT2D eigenvalue weighted by Gasteiger charge is 2.07. The van der Waals surface area contributed by atoms with Crippen molar-refractivity contribution in [3.05, 3.63) is 59.9 Å². The Labute approximate surface area is 141 Å². The Balaban J connectivity index is 1.45. The van der Waals surface area contributed by atoms with E-state index < -0.39 is 0 Å². The van der Waals surface area contributed by atoms with Crippen molar-refractivity contribution in [1.29, 1.82) is 0 Å². The van der Waals surface area contributed by atoms with Gasteiger partial charge in [0.05, 0.1) is 18.1 Å². The molecule has 1 amide bonds. The molecule has 0 radical (unpaired) electrons. The molecule has 0 aliphatic carbocycles. The summed E-state index contributed by atoms with van der Waals surface area (Å²) in [6.45, 7) is 0.574. The average Bonchev–Trinajstić information content (AvgIpc) is 3.03. The number of nitrogens with one attached hydrogen (secondary N) is 2. The van der Waals surface area contributed by atoms with E-state index in [1.807, 2.05) is 48.5 Å². The summed E-state index contributed by atoms with van der Waals surface area (Å²) in [5.74, 6) is 1.76. The Bertz CT molecular complexity index is 793. The second-order valence-electron chi connectivity index (χ2n) is 5.61. The normalized spacial score (nSPS) is 10.7. The summed E-state index contributed by atoms with van der Waals surface area (Å²) < 4.78 is 5.30. The van der Waals surface area contributed by atoms with Crippen LogP contribution in [0.2, 0.25) is 0 Å². The van der Waals surface area contributed by atoms with Gasteiger partial charge in [-0.05, 0) is 30.2 Å². The topological polar surface area (TPSA) is 67.0 Å². The number of H-pyrrole nitrogens is 1. The Morgan fingerprint density at radius 3 is 2.75 bits per heavy atom. The van der Waals surface area contributed by atoms with E-state index in [4.69, 9.17) is 4.74 Å². The SMILES string of the molecule is COc1ccccc1CCC(=O)NCCc1nc2ccccc2[nH]1. The van der Waals surface area contributed by atoms with Crippen molar-refractivity contribution >= 4 is 16.9 Å². The molecule has 0 unspecified atom stereocenters. The summed E-state index contributed by atoms with van der Waals surface area (Å²) in [6, 6.07) is 15.7. The van der Waals surface area contributed by atoms with E-state index in [1.165, 1.54) is 0 Å². The van der Waals surface area contributed by atoms with Crippen molar-refractivity contribution in [1.82, 2.24) is 15.3 Å². The first kappa shape index (κ1) is 16.1. The summed E-state index contributed by atoms with van der Waals surface area (Å²) in [6.07, 6.45) is 1.80. The van der Waals surface area contributed by atoms with Gasteiger partial charge in [0.1, 0.15) is 11.6 Å². The van der Waals surface area contributed by atoms with Gasteiger partial charge < -0.3 is 15.0 Å². The fraction of sp³-hybridized carbons (Fsp3) is 0.263. The number of aromatic amines is 1. The monoisotopic (exact) mass is 323 g/mol. The number of aromatic nitrogens is 2. The molecule has 2 N–H and O–H groups in total. The molecule has 5 nitrogen and oxygen atoms in total. The van der Waals surface area contributed by atoms with Gasteiger partial charge in [0.15, 0.2) is 0 Å². The van der Waals surface area contributed by atoms with Gasteiger partial charge in [-0.1, -0.05) is 30.3 Å². The number of aryl methyl sites for hydroxylation is 1. The number of para-hydroxylation sites is 3. The van der Waals surface area contributed by atoms with Crippen LogP contribution in [0.5, 0.6) is 5.75 Å². The third kappa shape index (κ3) is 3.93. The zero-order valence-corrected chi connectivity index (χ0v) is 13.7. The first-order chi connectivity index (χ1) is 11.8. The molecule has 0 bridgehead atoms. The summed E-state index contributed by atoms with van der Waals surface area (Å²) in [5.41, 5.74) is 3.03. The lowest BCUT2D eigenvalue weighted by molar-refractivity contribution is -0.121. The minimum atomic E-state index is 0.0389. The van der Waals surface area contributed by atoms with Gasteiger partial charge in [0, 0.05) is 19.4 Å². The number of fused-ring (bicyclic) bond motifs is 1. The van der Waals surface area contributed by atoms with E-state index in [-0.39, 0.29) is 5.91 Å². The molecule has 0 saturated heterocycles. The minimum absolute atomic E-state index is 0.0389. The van der Waals surface area contributed by atoms with Crippen LogP contribution in [-0.2, 0) is 17.6 Å². The fourth-order valence-electron chi connectivity index (χ4n) is 2.69. The number of amides is 1. The summed E-state index contributed by atoms with van der Waals surface area (Å²) >= 11 is 0. The van der Waals surface area contributed by atoms with Gasteiger partial charge in [-0.25, -0.2) is 4.98 Å².